The van der Waals surface area contributed by atoms with Gasteiger partial charge in [-0.2, -0.15) is 0 Å². The summed E-state index contributed by atoms with van der Waals surface area (Å²) >= 11 is 0. The number of ketones is 2. The average Bonchev–Trinajstić information content (AvgIpc) is 3.58. The number of Topliss-reactive ketones (excluding diaryl/α,β-unsaturated/α-hetero) is 2. The zero-order valence-electron chi connectivity index (χ0n) is 37.6. The van der Waals surface area contributed by atoms with Crippen LogP contribution in [-0.2, 0) is 26.2 Å². The van der Waals surface area contributed by atoms with Crippen LogP contribution in [0.2, 0.25) is 0 Å². The van der Waals surface area contributed by atoms with Gasteiger partial charge in [-0.25, -0.2) is 0 Å². The second kappa shape index (κ2) is 18.9. The summed E-state index contributed by atoms with van der Waals surface area (Å²) < 4.78 is 12.8. The first-order valence-corrected chi connectivity index (χ1v) is 21.9. The van der Waals surface area contributed by atoms with Crippen LogP contribution in [0.4, 0.5) is 0 Å². The number of rotatable bonds is 11. The molecule has 2 aliphatic heterocycles. The molecule has 320 valence electrons. The van der Waals surface area contributed by atoms with Gasteiger partial charge in [-0.15, -0.1) is 0 Å². The van der Waals surface area contributed by atoms with E-state index in [4.69, 9.17) is 9.47 Å². The topological polar surface area (TPSA) is 113 Å². The van der Waals surface area contributed by atoms with Gasteiger partial charge in [0.05, 0.1) is 5.57 Å². The summed E-state index contributed by atoms with van der Waals surface area (Å²) in [6.07, 6.45) is 25.9. The molecule has 0 radical (unpaired) electrons. The molecule has 0 unspecified atom stereocenters. The summed E-state index contributed by atoms with van der Waals surface area (Å²) in [5.41, 5.74) is 6.49. The van der Waals surface area contributed by atoms with Gasteiger partial charge < -0.3 is 24.8 Å². The van der Waals surface area contributed by atoms with Crippen molar-refractivity contribution in [3.8, 4) is 17.2 Å². The van der Waals surface area contributed by atoms with Crippen molar-refractivity contribution < 1.29 is 34.4 Å². The lowest BCUT2D eigenvalue weighted by Gasteiger charge is -2.41. The van der Waals surface area contributed by atoms with E-state index in [-0.39, 0.29) is 41.1 Å². The number of fused-ring (bicyclic) bond motifs is 10. The van der Waals surface area contributed by atoms with E-state index in [1.165, 1.54) is 33.9 Å². The van der Waals surface area contributed by atoms with E-state index in [1.54, 1.807) is 0 Å². The number of carbonyl (C=O) groups excluding carboxylic acids is 2. The Morgan fingerprint density at radius 1 is 0.746 bits per heavy atom. The molecule has 7 nitrogen and oxygen atoms in total. The van der Waals surface area contributed by atoms with Crippen LogP contribution >= 0.6 is 0 Å². The van der Waals surface area contributed by atoms with Gasteiger partial charge in [0.1, 0.15) is 16.8 Å². The normalized spacial score (nSPS) is 25.3. The van der Waals surface area contributed by atoms with Crippen molar-refractivity contribution in [2.75, 3.05) is 0 Å². The summed E-state index contributed by atoms with van der Waals surface area (Å²) in [6.45, 7) is 20.7. The number of allylic oxidation sites excluding steroid dienone is 15. The van der Waals surface area contributed by atoms with E-state index in [9.17, 15) is 20.1 Å². The molecule has 4 bridgehead atoms. The number of aromatic hydroxyl groups is 2. The van der Waals surface area contributed by atoms with Gasteiger partial charge in [0.15, 0.2) is 17.3 Å². The second-order valence-electron chi connectivity index (χ2n) is 18.6. The molecule has 2 heterocycles. The highest BCUT2D eigenvalue weighted by molar-refractivity contribution is 6.21. The average molecular weight is 807 g/mol. The molecule has 1 aromatic rings. The number of phenolic OH excluding ortho intramolecular Hbond substituents is 2. The van der Waals surface area contributed by atoms with Gasteiger partial charge in [-0.05, 0) is 159 Å². The third-order valence-corrected chi connectivity index (χ3v) is 13.0. The highest BCUT2D eigenvalue weighted by atomic mass is 16.6. The minimum atomic E-state index is -2.62. The molecule has 6 rings (SSSR count). The van der Waals surface area contributed by atoms with E-state index in [2.05, 4.69) is 71.9 Å². The molecule has 5 aliphatic rings. The minimum absolute atomic E-state index is 0.0107. The number of benzene rings is 1. The molecule has 0 saturated heterocycles. The first-order valence-electron chi connectivity index (χ1n) is 21.9. The van der Waals surface area contributed by atoms with Gasteiger partial charge >= 0.3 is 0 Å². The van der Waals surface area contributed by atoms with Crippen LogP contribution in [0.15, 0.2) is 98.9 Å². The maximum absolute atomic E-state index is 15.4. The predicted octanol–water partition coefficient (Wildman–Crippen LogP) is 12.5. The molecule has 3 aliphatic carbocycles. The summed E-state index contributed by atoms with van der Waals surface area (Å²) in [4.78, 5) is 30.3. The summed E-state index contributed by atoms with van der Waals surface area (Å²) in [6, 6.07) is 1.22. The quantitative estimate of drug-likeness (QED) is 0.151. The van der Waals surface area contributed by atoms with Gasteiger partial charge in [0, 0.05) is 23.1 Å². The third kappa shape index (κ3) is 9.83. The zero-order chi connectivity index (χ0) is 43.3. The van der Waals surface area contributed by atoms with Gasteiger partial charge in [0.2, 0.25) is 11.6 Å². The van der Waals surface area contributed by atoms with Gasteiger partial charge in [-0.3, -0.25) is 9.59 Å². The fourth-order valence-electron chi connectivity index (χ4n) is 9.24. The molecule has 1 spiro atoms. The van der Waals surface area contributed by atoms with Crippen molar-refractivity contribution in [3.63, 3.8) is 0 Å². The number of hydrogen-bond donors (Lipinski definition) is 3. The number of hydrogen-bond acceptors (Lipinski definition) is 7. The van der Waals surface area contributed by atoms with Crippen LogP contribution in [0.25, 0.3) is 0 Å². The maximum Gasteiger partial charge on any atom is 0.290 e. The summed E-state index contributed by atoms with van der Waals surface area (Å²) in [5.74, 6) is -5.18. The van der Waals surface area contributed by atoms with Crippen LogP contribution < -0.4 is 4.74 Å². The lowest BCUT2D eigenvalue weighted by molar-refractivity contribution is -0.190. The Morgan fingerprint density at radius 3 is 1.88 bits per heavy atom. The second-order valence-corrected chi connectivity index (χ2v) is 18.6. The van der Waals surface area contributed by atoms with E-state index in [1.807, 2.05) is 39.8 Å². The lowest BCUT2D eigenvalue weighted by Crippen LogP contribution is -2.64. The molecule has 0 aromatic heterocycles. The molecular formula is C52H70O7. The van der Waals surface area contributed by atoms with Crippen molar-refractivity contribution >= 4 is 11.6 Å². The molecule has 3 atom stereocenters. The zero-order valence-corrected chi connectivity index (χ0v) is 37.6. The van der Waals surface area contributed by atoms with Crippen LogP contribution in [0.1, 0.15) is 164 Å². The van der Waals surface area contributed by atoms with E-state index < -0.39 is 45.8 Å². The Kier molecular flexibility index (Phi) is 14.7. The number of ether oxygens (including phenoxy) is 2. The number of carbonyl (C=O) groups is 2. The fourth-order valence-corrected chi connectivity index (χ4v) is 9.24. The standard InChI is InChI=1S/C52H70O7/c1-33(2)16-11-17-34(3)18-12-19-35(4)20-13-23-37(6)26-28-40-45-43(32-42(53)46(40)54)58-52(57)48(55)44-41-29-27-38(7)24-14-21-36(5)22-15-25-39(8)30-31-51(45,52)49(56)47(44)59-50(41,9)10/h16,18,20,22,24,26,30,32,41,53-54,57H,11-15,17,19,21,23,25,27-29,31H2,1-10H3/t41-,51+,52-/m1/s1. The van der Waals surface area contributed by atoms with Gasteiger partial charge in [-0.1, -0.05) is 81.5 Å². The third-order valence-electron chi connectivity index (χ3n) is 13.0. The fraction of sp³-hybridized carbons (Fsp3) is 0.538. The minimum Gasteiger partial charge on any atom is -0.504 e. The van der Waals surface area contributed by atoms with E-state index in [0.717, 1.165) is 75.4 Å². The Morgan fingerprint density at radius 2 is 1.29 bits per heavy atom. The van der Waals surface area contributed by atoms with Crippen molar-refractivity contribution in [3.05, 3.63) is 110 Å². The molecular weight excluding hydrogens is 737 g/mol. The van der Waals surface area contributed by atoms with Gasteiger partial charge in [0.25, 0.3) is 5.79 Å². The highest BCUT2D eigenvalue weighted by Gasteiger charge is 2.75. The smallest absolute Gasteiger partial charge is 0.290 e. The van der Waals surface area contributed by atoms with E-state index in [0.29, 0.717) is 12.8 Å². The first kappa shape index (κ1) is 45.7. The molecule has 7 heteroatoms. The summed E-state index contributed by atoms with van der Waals surface area (Å²) in [7, 11) is 0. The van der Waals surface area contributed by atoms with Crippen LogP contribution in [0.5, 0.6) is 17.2 Å². The Balaban J connectivity index is 1.49. The van der Waals surface area contributed by atoms with Crippen LogP contribution in [0, 0.1) is 5.92 Å². The maximum atomic E-state index is 15.4. The van der Waals surface area contributed by atoms with Crippen molar-refractivity contribution in [1.29, 1.82) is 0 Å². The Hall–Kier alpha value is -4.36. The molecule has 59 heavy (non-hydrogen) atoms. The molecule has 1 aromatic carbocycles. The van der Waals surface area contributed by atoms with E-state index >= 15 is 4.79 Å². The first-order chi connectivity index (χ1) is 27.8. The lowest BCUT2D eigenvalue weighted by atomic mass is 9.60. The van der Waals surface area contributed by atoms with Crippen LogP contribution in [0.3, 0.4) is 0 Å². The van der Waals surface area contributed by atoms with Crippen LogP contribution in [-0.4, -0.2) is 38.3 Å². The van der Waals surface area contributed by atoms with Crippen molar-refractivity contribution in [2.24, 2.45) is 5.92 Å². The Bertz CT molecular complexity index is 2060. The molecule has 0 fully saturated rings. The number of phenols is 2. The Labute approximate surface area is 354 Å². The predicted molar refractivity (Wildman–Crippen MR) is 238 cm³/mol. The molecule has 0 saturated carbocycles. The van der Waals surface area contributed by atoms with Crippen molar-refractivity contribution in [2.45, 2.75) is 176 Å². The summed E-state index contributed by atoms with van der Waals surface area (Å²) in [5, 5.41) is 35.4. The largest absolute Gasteiger partial charge is 0.504 e. The molecule has 0 amide bonds. The SMILES string of the molecule is CC(C)=CCCC(C)=CCCC(C)=CCCC(C)=CCc1c(O)c(O)cc2c1[C@@]13CC=C(C)CCC=C(C)CCC=C(C)CC[C@@H]4C(=C(OC4(C)C)C1=O)C(=O)[C@@]3(O)O2. The highest BCUT2D eigenvalue weighted by Crippen LogP contribution is 2.62. The van der Waals surface area contributed by atoms with Crippen molar-refractivity contribution in [1.82, 2.24) is 0 Å². The monoisotopic (exact) mass is 807 g/mol. The number of aliphatic hydroxyl groups is 1. The molecule has 3 N–H and O–H groups in total.